The highest BCUT2D eigenvalue weighted by Gasteiger charge is 2.10. The Morgan fingerprint density at radius 3 is 2.61 bits per heavy atom. The highest BCUT2D eigenvalue weighted by molar-refractivity contribution is 9.10. The van der Waals surface area contributed by atoms with Gasteiger partial charge in [-0.1, -0.05) is 29.3 Å². The minimum absolute atomic E-state index is 0.133. The Morgan fingerprint density at radius 1 is 1.26 bits per heavy atom. The van der Waals surface area contributed by atoms with Crippen molar-refractivity contribution in [2.45, 2.75) is 6.61 Å². The molecule has 0 atom stereocenters. The van der Waals surface area contributed by atoms with Crippen molar-refractivity contribution in [2.75, 3.05) is 0 Å². The lowest BCUT2D eigenvalue weighted by Gasteiger charge is -2.12. The van der Waals surface area contributed by atoms with Crippen LogP contribution in [0.5, 0.6) is 5.75 Å². The molecular formula is C16H11BrCl2FNO2. The Bertz CT molecular complexity index is 758. The summed E-state index contributed by atoms with van der Waals surface area (Å²) in [5, 5.41) is 0.625. The summed E-state index contributed by atoms with van der Waals surface area (Å²) in [5.74, 6) is -0.546. The third kappa shape index (κ3) is 4.96. The zero-order valence-electron chi connectivity index (χ0n) is 11.7. The van der Waals surface area contributed by atoms with Crippen LogP contribution in [0, 0.1) is 5.82 Å². The molecule has 2 aromatic carbocycles. The Kier molecular flexibility index (Phi) is 6.04. The minimum atomic E-state index is -0.552. The number of halogens is 4. The topological polar surface area (TPSA) is 52.3 Å². The van der Waals surface area contributed by atoms with Gasteiger partial charge >= 0.3 is 0 Å². The van der Waals surface area contributed by atoms with Crippen molar-refractivity contribution in [2.24, 2.45) is 5.73 Å². The van der Waals surface area contributed by atoms with Crippen LogP contribution in [0.25, 0.3) is 6.08 Å². The number of ether oxygens (including phenoxy) is 1. The van der Waals surface area contributed by atoms with E-state index in [-0.39, 0.29) is 11.6 Å². The van der Waals surface area contributed by atoms with Crippen molar-refractivity contribution in [1.82, 2.24) is 0 Å². The molecule has 2 N–H and O–H groups in total. The number of amides is 1. The lowest BCUT2D eigenvalue weighted by molar-refractivity contribution is -0.113. The van der Waals surface area contributed by atoms with Gasteiger partial charge in [-0.3, -0.25) is 4.79 Å². The largest absolute Gasteiger partial charge is 0.486 e. The number of carbonyl (C=O) groups is 1. The molecule has 0 fully saturated rings. The second kappa shape index (κ2) is 7.81. The number of benzene rings is 2. The normalized spacial score (nSPS) is 11.0. The minimum Gasteiger partial charge on any atom is -0.486 e. The van der Waals surface area contributed by atoms with Gasteiger partial charge in [0.25, 0.3) is 0 Å². The van der Waals surface area contributed by atoms with E-state index in [4.69, 9.17) is 33.7 Å². The summed E-state index contributed by atoms with van der Waals surface area (Å²) in [6, 6.07) is 7.43. The number of hydrogen-bond acceptors (Lipinski definition) is 2. The monoisotopic (exact) mass is 417 g/mol. The number of hydrogen-bond donors (Lipinski definition) is 1. The molecule has 7 heteroatoms. The van der Waals surface area contributed by atoms with Crippen LogP contribution in [0.1, 0.15) is 11.1 Å². The molecule has 0 radical (unpaired) electrons. The fourth-order valence-electron chi connectivity index (χ4n) is 1.78. The molecule has 3 nitrogen and oxygen atoms in total. The van der Waals surface area contributed by atoms with E-state index < -0.39 is 11.7 Å². The number of primary amides is 1. The number of carbonyl (C=O) groups excluding carboxylic acids is 1. The molecule has 0 bridgehead atoms. The van der Waals surface area contributed by atoms with Gasteiger partial charge in [-0.15, -0.1) is 0 Å². The molecule has 0 aliphatic heterocycles. The second-order valence-electron chi connectivity index (χ2n) is 4.57. The van der Waals surface area contributed by atoms with E-state index in [2.05, 4.69) is 15.9 Å². The van der Waals surface area contributed by atoms with Crippen LogP contribution in [0.15, 0.2) is 40.9 Å². The zero-order chi connectivity index (χ0) is 17.0. The molecule has 0 unspecified atom stereocenters. The quantitative estimate of drug-likeness (QED) is 0.696. The Balaban J connectivity index is 2.18. The fourth-order valence-corrected chi connectivity index (χ4v) is 2.99. The van der Waals surface area contributed by atoms with Gasteiger partial charge in [0, 0.05) is 11.6 Å². The van der Waals surface area contributed by atoms with Gasteiger partial charge in [0.05, 0.1) is 14.5 Å². The van der Waals surface area contributed by atoms with Gasteiger partial charge in [0.15, 0.2) is 5.75 Å². The van der Waals surface area contributed by atoms with Crippen LogP contribution in [-0.4, -0.2) is 5.91 Å². The predicted octanol–water partition coefficient (Wildman–Crippen LogP) is 4.97. The lowest BCUT2D eigenvalue weighted by Crippen LogP contribution is -2.05. The van der Waals surface area contributed by atoms with Crippen LogP contribution >= 0.6 is 39.1 Å². The van der Waals surface area contributed by atoms with E-state index in [1.54, 1.807) is 24.3 Å². The van der Waals surface area contributed by atoms with Crippen LogP contribution in [0.4, 0.5) is 4.39 Å². The van der Waals surface area contributed by atoms with Crippen molar-refractivity contribution >= 4 is 51.1 Å². The zero-order valence-corrected chi connectivity index (χ0v) is 14.8. The van der Waals surface area contributed by atoms with Crippen LogP contribution < -0.4 is 10.5 Å². The summed E-state index contributed by atoms with van der Waals surface area (Å²) in [6.07, 6.45) is 2.77. The molecule has 0 saturated heterocycles. The van der Waals surface area contributed by atoms with Gasteiger partial charge in [0.1, 0.15) is 12.4 Å². The molecule has 1 amide bonds. The molecule has 0 heterocycles. The first kappa shape index (κ1) is 17.8. The molecule has 2 aromatic rings. The Hall–Kier alpha value is -1.56. The molecule has 120 valence electrons. The maximum Gasteiger partial charge on any atom is 0.241 e. The first-order valence-electron chi connectivity index (χ1n) is 6.40. The van der Waals surface area contributed by atoms with E-state index in [0.29, 0.717) is 26.4 Å². The maximum absolute atomic E-state index is 13.0. The fraction of sp³-hybridized carbons (Fsp3) is 0.0625. The smallest absolute Gasteiger partial charge is 0.241 e. The molecule has 2 rings (SSSR count). The van der Waals surface area contributed by atoms with Crippen LogP contribution in [-0.2, 0) is 11.4 Å². The Morgan fingerprint density at radius 2 is 2.00 bits per heavy atom. The van der Waals surface area contributed by atoms with E-state index in [1.807, 2.05) is 0 Å². The summed E-state index contributed by atoms with van der Waals surface area (Å²) in [5.41, 5.74) is 6.37. The highest BCUT2D eigenvalue weighted by Crippen LogP contribution is 2.35. The molecule has 0 spiro atoms. The average Bonchev–Trinajstić information content (AvgIpc) is 2.46. The van der Waals surface area contributed by atoms with Crippen molar-refractivity contribution in [1.29, 1.82) is 0 Å². The van der Waals surface area contributed by atoms with E-state index in [1.165, 1.54) is 18.2 Å². The van der Waals surface area contributed by atoms with Crippen molar-refractivity contribution in [3.8, 4) is 5.75 Å². The van der Waals surface area contributed by atoms with Gasteiger partial charge < -0.3 is 10.5 Å². The van der Waals surface area contributed by atoms with Crippen molar-refractivity contribution in [3.63, 3.8) is 0 Å². The SMILES string of the molecule is NC(=O)/C=C/c1cc(Cl)c(OCc2ccc(F)cc2Cl)c(Br)c1. The summed E-state index contributed by atoms with van der Waals surface area (Å²) < 4.78 is 19.3. The second-order valence-corrected chi connectivity index (χ2v) is 6.24. The molecule has 23 heavy (non-hydrogen) atoms. The third-order valence-electron chi connectivity index (χ3n) is 2.85. The van der Waals surface area contributed by atoms with E-state index in [9.17, 15) is 9.18 Å². The molecule has 0 aliphatic carbocycles. The first-order chi connectivity index (χ1) is 10.9. The van der Waals surface area contributed by atoms with Gasteiger partial charge in [-0.05, 0) is 51.8 Å². The maximum atomic E-state index is 13.0. The van der Waals surface area contributed by atoms with Gasteiger partial charge in [0.2, 0.25) is 5.91 Å². The summed E-state index contributed by atoms with van der Waals surface area (Å²) >= 11 is 15.5. The first-order valence-corrected chi connectivity index (χ1v) is 7.95. The third-order valence-corrected chi connectivity index (χ3v) is 4.07. The van der Waals surface area contributed by atoms with Crippen molar-refractivity contribution in [3.05, 3.63) is 67.9 Å². The lowest BCUT2D eigenvalue weighted by atomic mass is 10.2. The molecule has 0 saturated carbocycles. The number of nitrogens with two attached hydrogens (primary N) is 1. The van der Waals surface area contributed by atoms with E-state index >= 15 is 0 Å². The predicted molar refractivity (Wildman–Crippen MR) is 93.1 cm³/mol. The van der Waals surface area contributed by atoms with E-state index in [0.717, 1.165) is 0 Å². The summed E-state index contributed by atoms with van der Waals surface area (Å²) in [4.78, 5) is 10.8. The summed E-state index contributed by atoms with van der Waals surface area (Å²) in [7, 11) is 0. The van der Waals surface area contributed by atoms with Gasteiger partial charge in [-0.2, -0.15) is 0 Å². The van der Waals surface area contributed by atoms with Crippen molar-refractivity contribution < 1.29 is 13.9 Å². The Labute approximate surface area is 151 Å². The van der Waals surface area contributed by atoms with Crippen LogP contribution in [0.2, 0.25) is 10.0 Å². The molecular weight excluding hydrogens is 408 g/mol. The molecule has 0 aliphatic rings. The van der Waals surface area contributed by atoms with Crippen LogP contribution in [0.3, 0.4) is 0 Å². The average molecular weight is 419 g/mol. The van der Waals surface area contributed by atoms with Gasteiger partial charge in [-0.25, -0.2) is 4.39 Å². The standard InChI is InChI=1S/C16H11BrCl2FNO2/c17-12-5-9(1-4-15(21)22)6-14(19)16(12)23-8-10-2-3-11(20)7-13(10)18/h1-7H,8H2,(H2,21,22)/b4-1+. The summed E-state index contributed by atoms with van der Waals surface area (Å²) in [6.45, 7) is 0.133. The molecule has 0 aromatic heterocycles. The number of rotatable bonds is 5. The highest BCUT2D eigenvalue weighted by atomic mass is 79.9.